The molecule has 0 atom stereocenters. The van der Waals surface area contributed by atoms with Gasteiger partial charge in [-0.25, -0.2) is 9.78 Å². The summed E-state index contributed by atoms with van der Waals surface area (Å²) in [6, 6.07) is 17.1. The summed E-state index contributed by atoms with van der Waals surface area (Å²) in [7, 11) is 1.34. The lowest BCUT2D eigenvalue weighted by atomic mass is 10.1. The Morgan fingerprint density at radius 1 is 1.19 bits per heavy atom. The average molecular weight is 375 g/mol. The molecule has 0 aliphatic heterocycles. The van der Waals surface area contributed by atoms with Crippen molar-refractivity contribution in [3.05, 3.63) is 76.2 Å². The Hall–Kier alpha value is -3.43. The molecule has 0 radical (unpaired) electrons. The fraction of sp³-hybridized carbons (Fsp3) is 0.0952. The number of hydrogen-bond donors (Lipinski definition) is 1. The Kier molecular flexibility index (Phi) is 5.64. The topological polar surface area (TPSA) is 75.0 Å². The predicted molar refractivity (Wildman–Crippen MR) is 107 cm³/mol. The number of rotatable bonds is 5. The minimum Gasteiger partial charge on any atom is -0.465 e. The highest BCUT2D eigenvalue weighted by atomic mass is 32.1. The molecule has 134 valence electrons. The quantitative estimate of drug-likeness (QED) is 0.508. The number of nitrogens with zero attached hydrogens (tertiary/aromatic N) is 2. The molecule has 0 aliphatic carbocycles. The number of benzene rings is 2. The molecule has 1 aromatic heterocycles. The number of anilines is 1. The first-order valence-electron chi connectivity index (χ1n) is 8.19. The van der Waals surface area contributed by atoms with Crippen LogP contribution in [0.1, 0.15) is 20.9 Å². The Bertz CT molecular complexity index is 1010. The van der Waals surface area contributed by atoms with Crippen molar-refractivity contribution in [3.8, 4) is 17.3 Å². The lowest BCUT2D eigenvalue weighted by Gasteiger charge is -2.03. The van der Waals surface area contributed by atoms with Gasteiger partial charge >= 0.3 is 5.97 Å². The van der Waals surface area contributed by atoms with Crippen LogP contribution < -0.4 is 5.32 Å². The van der Waals surface area contributed by atoms with Crippen LogP contribution in [0.15, 0.2) is 60.1 Å². The second kappa shape index (κ2) is 8.30. The molecule has 1 N–H and O–H groups in total. The van der Waals surface area contributed by atoms with E-state index in [1.165, 1.54) is 24.0 Å². The van der Waals surface area contributed by atoms with Crippen molar-refractivity contribution in [2.24, 2.45) is 0 Å². The highest BCUT2D eigenvalue weighted by Crippen LogP contribution is 2.26. The Balaban J connectivity index is 1.76. The van der Waals surface area contributed by atoms with E-state index < -0.39 is 0 Å². The highest BCUT2D eigenvalue weighted by molar-refractivity contribution is 7.11. The molecule has 1 heterocycles. The second-order valence-electron chi connectivity index (χ2n) is 5.79. The second-order valence-corrected chi connectivity index (χ2v) is 6.65. The highest BCUT2D eigenvalue weighted by Gasteiger charge is 2.09. The van der Waals surface area contributed by atoms with Crippen LogP contribution in [0.3, 0.4) is 0 Å². The lowest BCUT2D eigenvalue weighted by Crippen LogP contribution is -2.00. The number of thiazole rings is 1. The average Bonchev–Trinajstić information content (AvgIpc) is 3.19. The van der Waals surface area contributed by atoms with Crippen LogP contribution in [0.4, 0.5) is 5.69 Å². The Morgan fingerprint density at radius 2 is 1.89 bits per heavy atom. The number of esters is 1. The van der Waals surface area contributed by atoms with Crippen molar-refractivity contribution < 1.29 is 9.53 Å². The predicted octanol–water partition coefficient (Wildman–Crippen LogP) is 4.88. The number of aromatic nitrogens is 1. The minimum absolute atomic E-state index is 0.388. The van der Waals surface area contributed by atoms with E-state index in [1.54, 1.807) is 30.5 Å². The third kappa shape index (κ3) is 4.40. The maximum atomic E-state index is 11.5. The van der Waals surface area contributed by atoms with Gasteiger partial charge in [-0.2, -0.15) is 5.26 Å². The molecule has 0 saturated heterocycles. The number of nitriles is 1. The van der Waals surface area contributed by atoms with Gasteiger partial charge in [0.15, 0.2) is 0 Å². The summed E-state index contributed by atoms with van der Waals surface area (Å²) in [6.07, 6.45) is 1.62. The van der Waals surface area contributed by atoms with Gasteiger partial charge in [0.25, 0.3) is 0 Å². The van der Waals surface area contributed by atoms with Crippen molar-refractivity contribution in [2.45, 2.75) is 6.92 Å². The summed E-state index contributed by atoms with van der Waals surface area (Å²) in [6.45, 7) is 2.04. The molecule has 3 rings (SSSR count). The normalized spacial score (nSPS) is 10.9. The molecule has 6 heteroatoms. The van der Waals surface area contributed by atoms with Crippen molar-refractivity contribution >= 4 is 28.6 Å². The Labute approximate surface area is 161 Å². The third-order valence-electron chi connectivity index (χ3n) is 3.89. The molecule has 0 fully saturated rings. The van der Waals surface area contributed by atoms with E-state index >= 15 is 0 Å². The number of methoxy groups -OCH3 is 1. The molecule has 27 heavy (non-hydrogen) atoms. The fourth-order valence-corrected chi connectivity index (χ4v) is 3.17. The first kappa shape index (κ1) is 18.4. The van der Waals surface area contributed by atoms with Gasteiger partial charge < -0.3 is 10.1 Å². The van der Waals surface area contributed by atoms with Crippen LogP contribution in [0.25, 0.3) is 16.8 Å². The van der Waals surface area contributed by atoms with Gasteiger partial charge in [0, 0.05) is 22.8 Å². The standard InChI is InChI=1S/C21H17N3O2S/c1-14-3-5-15(6-4-14)19-13-27-20(24-19)17(11-22)12-23-18-9-7-16(8-10-18)21(25)26-2/h3-10,12-13,23H,1-2H3. The van der Waals surface area contributed by atoms with Gasteiger partial charge in [-0.15, -0.1) is 11.3 Å². The number of carbonyl (C=O) groups excluding carboxylic acids is 1. The summed E-state index contributed by atoms with van der Waals surface area (Å²) in [5.41, 5.74) is 4.72. The summed E-state index contributed by atoms with van der Waals surface area (Å²) < 4.78 is 4.67. The third-order valence-corrected chi connectivity index (χ3v) is 4.77. The van der Waals surface area contributed by atoms with E-state index in [0.29, 0.717) is 16.1 Å². The number of hydrogen-bond acceptors (Lipinski definition) is 6. The number of ether oxygens (including phenoxy) is 1. The number of allylic oxidation sites excluding steroid dienone is 1. The summed E-state index contributed by atoms with van der Waals surface area (Å²) >= 11 is 1.42. The molecule has 0 spiro atoms. The molecule has 0 amide bonds. The summed E-state index contributed by atoms with van der Waals surface area (Å²) in [4.78, 5) is 16.0. The molecule has 0 aliphatic rings. The van der Waals surface area contributed by atoms with Crippen LogP contribution in [0.5, 0.6) is 0 Å². The van der Waals surface area contributed by atoms with Gasteiger partial charge in [-0.3, -0.25) is 0 Å². The first-order valence-corrected chi connectivity index (χ1v) is 9.07. The van der Waals surface area contributed by atoms with E-state index in [9.17, 15) is 10.1 Å². The monoisotopic (exact) mass is 375 g/mol. The molecular formula is C21H17N3O2S. The van der Waals surface area contributed by atoms with E-state index in [4.69, 9.17) is 0 Å². The van der Waals surface area contributed by atoms with Crippen LogP contribution in [0.2, 0.25) is 0 Å². The molecule has 5 nitrogen and oxygen atoms in total. The SMILES string of the molecule is COC(=O)c1ccc(NC=C(C#N)c2nc(-c3ccc(C)cc3)cs2)cc1. The van der Waals surface area contributed by atoms with E-state index in [-0.39, 0.29) is 5.97 Å². The van der Waals surface area contributed by atoms with Crippen molar-refractivity contribution in [3.63, 3.8) is 0 Å². The van der Waals surface area contributed by atoms with Gasteiger partial charge in [0.1, 0.15) is 16.6 Å². The first-order chi connectivity index (χ1) is 13.1. The number of carbonyl (C=O) groups is 1. The van der Waals surface area contributed by atoms with Crippen molar-refractivity contribution in [1.82, 2.24) is 4.98 Å². The fourth-order valence-electron chi connectivity index (χ4n) is 2.37. The molecule has 0 bridgehead atoms. The zero-order chi connectivity index (χ0) is 19.2. The van der Waals surface area contributed by atoms with Crippen molar-refractivity contribution in [2.75, 3.05) is 12.4 Å². The minimum atomic E-state index is -0.388. The van der Waals surface area contributed by atoms with E-state index in [1.807, 2.05) is 36.6 Å². The van der Waals surface area contributed by atoms with E-state index in [0.717, 1.165) is 16.9 Å². The lowest BCUT2D eigenvalue weighted by molar-refractivity contribution is 0.0601. The van der Waals surface area contributed by atoms with Crippen LogP contribution in [-0.4, -0.2) is 18.1 Å². The largest absolute Gasteiger partial charge is 0.465 e. The van der Waals surface area contributed by atoms with Gasteiger partial charge in [-0.05, 0) is 31.2 Å². The summed E-state index contributed by atoms with van der Waals surface area (Å²) in [5.74, 6) is -0.388. The van der Waals surface area contributed by atoms with Gasteiger partial charge in [0.05, 0.1) is 18.4 Å². The molecule has 3 aromatic rings. The van der Waals surface area contributed by atoms with Crippen LogP contribution in [-0.2, 0) is 4.74 Å². The number of nitrogens with one attached hydrogen (secondary N) is 1. The molecule has 2 aromatic carbocycles. The molecule has 0 saturated carbocycles. The smallest absolute Gasteiger partial charge is 0.337 e. The van der Waals surface area contributed by atoms with Crippen LogP contribution >= 0.6 is 11.3 Å². The number of aryl methyl sites for hydroxylation is 1. The maximum absolute atomic E-state index is 11.5. The molecular weight excluding hydrogens is 358 g/mol. The zero-order valence-corrected chi connectivity index (χ0v) is 15.7. The van der Waals surface area contributed by atoms with Gasteiger partial charge in [0.2, 0.25) is 0 Å². The zero-order valence-electron chi connectivity index (χ0n) is 14.9. The maximum Gasteiger partial charge on any atom is 0.337 e. The van der Waals surface area contributed by atoms with Gasteiger partial charge in [-0.1, -0.05) is 29.8 Å². The summed E-state index contributed by atoms with van der Waals surface area (Å²) in [5, 5.41) is 15.1. The molecule has 0 unspecified atom stereocenters. The van der Waals surface area contributed by atoms with Crippen molar-refractivity contribution in [1.29, 1.82) is 5.26 Å². The van der Waals surface area contributed by atoms with E-state index in [2.05, 4.69) is 21.1 Å². The van der Waals surface area contributed by atoms with Crippen LogP contribution in [0, 0.1) is 18.3 Å². The Morgan fingerprint density at radius 3 is 2.52 bits per heavy atom.